The van der Waals surface area contributed by atoms with Gasteiger partial charge in [0.05, 0.1) is 12.3 Å². The summed E-state index contributed by atoms with van der Waals surface area (Å²) in [5, 5.41) is 0. The molecule has 0 saturated heterocycles. The van der Waals surface area contributed by atoms with Crippen molar-refractivity contribution < 1.29 is 8.42 Å². The number of sulfonamides is 1. The number of hydrogen-bond acceptors (Lipinski definition) is 2. The molecule has 0 spiro atoms. The summed E-state index contributed by atoms with van der Waals surface area (Å²) in [5.41, 5.74) is 0. The SMILES string of the molecule is C#CCNS(=O)(=O)CCCCCl. The van der Waals surface area contributed by atoms with Crippen LogP contribution in [-0.4, -0.2) is 26.6 Å². The Morgan fingerprint density at radius 1 is 1.42 bits per heavy atom. The van der Waals surface area contributed by atoms with Gasteiger partial charge in [0.1, 0.15) is 0 Å². The number of unbranched alkanes of at least 4 members (excludes halogenated alkanes) is 1. The van der Waals surface area contributed by atoms with Gasteiger partial charge < -0.3 is 0 Å². The van der Waals surface area contributed by atoms with Crippen LogP contribution >= 0.6 is 11.6 Å². The molecule has 0 unspecified atom stereocenters. The first-order valence-corrected chi connectivity index (χ1v) is 5.78. The van der Waals surface area contributed by atoms with Gasteiger partial charge in [0, 0.05) is 5.88 Å². The molecule has 70 valence electrons. The van der Waals surface area contributed by atoms with Crippen LogP contribution in [0.25, 0.3) is 0 Å². The normalized spacial score (nSPS) is 11.0. The largest absolute Gasteiger partial charge is 0.212 e. The Balaban J connectivity index is 3.67. The maximum atomic E-state index is 11.0. The highest BCUT2D eigenvalue weighted by molar-refractivity contribution is 7.89. The van der Waals surface area contributed by atoms with E-state index in [0.717, 1.165) is 0 Å². The molecule has 0 heterocycles. The minimum absolute atomic E-state index is 0.0587. The Labute approximate surface area is 78.5 Å². The number of terminal acetylenes is 1. The molecule has 0 radical (unpaired) electrons. The summed E-state index contributed by atoms with van der Waals surface area (Å²) in [4.78, 5) is 0. The first-order valence-electron chi connectivity index (χ1n) is 3.59. The van der Waals surface area contributed by atoms with Crippen LogP contribution in [0, 0.1) is 12.3 Å². The van der Waals surface area contributed by atoms with Gasteiger partial charge in [-0.25, -0.2) is 13.1 Å². The Bertz CT molecular complexity index is 243. The van der Waals surface area contributed by atoms with Crippen molar-refractivity contribution in [2.45, 2.75) is 12.8 Å². The van der Waals surface area contributed by atoms with E-state index in [0.29, 0.717) is 18.7 Å². The van der Waals surface area contributed by atoms with Crippen molar-refractivity contribution in [3.63, 3.8) is 0 Å². The average molecular weight is 210 g/mol. The van der Waals surface area contributed by atoms with Crippen molar-refractivity contribution in [1.29, 1.82) is 0 Å². The highest BCUT2D eigenvalue weighted by atomic mass is 35.5. The van der Waals surface area contributed by atoms with Crippen molar-refractivity contribution in [2.75, 3.05) is 18.2 Å². The molecular weight excluding hydrogens is 198 g/mol. The fourth-order valence-electron chi connectivity index (χ4n) is 0.610. The van der Waals surface area contributed by atoms with E-state index in [1.165, 1.54) is 0 Å². The molecule has 0 bridgehead atoms. The number of halogens is 1. The molecule has 0 aromatic rings. The van der Waals surface area contributed by atoms with Crippen molar-refractivity contribution in [3.8, 4) is 12.3 Å². The van der Waals surface area contributed by atoms with E-state index < -0.39 is 10.0 Å². The molecule has 0 aliphatic rings. The molecule has 0 fully saturated rings. The molecule has 5 heteroatoms. The summed E-state index contributed by atoms with van der Waals surface area (Å²) in [5.74, 6) is 2.79. The third-order valence-corrected chi connectivity index (χ3v) is 2.87. The van der Waals surface area contributed by atoms with Crippen LogP contribution in [-0.2, 0) is 10.0 Å². The molecule has 0 aromatic heterocycles. The van der Waals surface area contributed by atoms with E-state index in [9.17, 15) is 8.42 Å². The molecule has 0 rings (SSSR count). The Morgan fingerprint density at radius 2 is 2.08 bits per heavy atom. The minimum Gasteiger partial charge on any atom is -0.212 e. The molecule has 0 atom stereocenters. The maximum absolute atomic E-state index is 11.0. The van der Waals surface area contributed by atoms with Gasteiger partial charge in [0.25, 0.3) is 0 Å². The monoisotopic (exact) mass is 209 g/mol. The lowest BCUT2D eigenvalue weighted by Crippen LogP contribution is -2.26. The highest BCUT2D eigenvalue weighted by Crippen LogP contribution is 1.95. The predicted octanol–water partition coefficient (Wildman–Crippen LogP) is 0.558. The standard InChI is InChI=1S/C7H12ClNO2S/c1-2-6-9-12(10,11)7-4-3-5-8/h1,9H,3-7H2. The minimum atomic E-state index is -3.17. The van der Waals surface area contributed by atoms with Crippen LogP contribution in [0.4, 0.5) is 0 Å². The highest BCUT2D eigenvalue weighted by Gasteiger charge is 2.06. The summed E-state index contributed by atoms with van der Waals surface area (Å²) in [7, 11) is -3.17. The lowest BCUT2D eigenvalue weighted by atomic mass is 10.4. The van der Waals surface area contributed by atoms with E-state index >= 15 is 0 Å². The molecule has 0 aliphatic heterocycles. The van der Waals surface area contributed by atoms with Gasteiger partial charge in [-0.1, -0.05) is 5.92 Å². The second-order valence-corrected chi connectivity index (χ2v) is 4.54. The van der Waals surface area contributed by atoms with Gasteiger partial charge in [-0.05, 0) is 12.8 Å². The van der Waals surface area contributed by atoms with Crippen LogP contribution in [0.5, 0.6) is 0 Å². The Kier molecular flexibility index (Phi) is 6.17. The molecule has 1 N–H and O–H groups in total. The van der Waals surface area contributed by atoms with Gasteiger partial charge in [0.2, 0.25) is 10.0 Å². The Morgan fingerprint density at radius 3 is 2.58 bits per heavy atom. The van der Waals surface area contributed by atoms with E-state index in [1.807, 2.05) is 0 Å². The zero-order chi connectivity index (χ0) is 9.45. The van der Waals surface area contributed by atoms with Crippen molar-refractivity contribution in [3.05, 3.63) is 0 Å². The average Bonchev–Trinajstić information content (AvgIpc) is 2.01. The molecule has 0 amide bonds. The number of rotatable bonds is 6. The van der Waals surface area contributed by atoms with Crippen molar-refractivity contribution in [2.24, 2.45) is 0 Å². The lowest BCUT2D eigenvalue weighted by molar-refractivity contribution is 0.583. The third kappa shape index (κ3) is 6.47. The summed E-state index contributed by atoms with van der Waals surface area (Å²) in [6.07, 6.45) is 6.17. The summed E-state index contributed by atoms with van der Waals surface area (Å²) in [6.45, 7) is 0.0587. The number of hydrogen-bond donors (Lipinski definition) is 1. The van der Waals surface area contributed by atoms with E-state index in [4.69, 9.17) is 18.0 Å². The summed E-state index contributed by atoms with van der Waals surface area (Å²) < 4.78 is 24.3. The first-order chi connectivity index (χ1) is 5.62. The van der Waals surface area contributed by atoms with Gasteiger partial charge in [-0.15, -0.1) is 18.0 Å². The zero-order valence-corrected chi connectivity index (χ0v) is 8.29. The predicted molar refractivity (Wildman–Crippen MR) is 50.6 cm³/mol. The fraction of sp³-hybridized carbons (Fsp3) is 0.714. The van der Waals surface area contributed by atoms with Gasteiger partial charge in [0.15, 0.2) is 0 Å². The molecular formula is C7H12ClNO2S. The summed E-state index contributed by atoms with van der Waals surface area (Å²) in [6, 6.07) is 0. The fourth-order valence-corrected chi connectivity index (χ4v) is 1.83. The van der Waals surface area contributed by atoms with Gasteiger partial charge in [-0.2, -0.15) is 0 Å². The molecule has 3 nitrogen and oxygen atoms in total. The number of nitrogens with one attached hydrogen (secondary N) is 1. The van der Waals surface area contributed by atoms with Gasteiger partial charge in [-0.3, -0.25) is 0 Å². The van der Waals surface area contributed by atoms with E-state index in [2.05, 4.69) is 10.6 Å². The smallest absolute Gasteiger partial charge is 0.212 e. The van der Waals surface area contributed by atoms with E-state index in [1.54, 1.807) is 0 Å². The first kappa shape index (κ1) is 11.8. The van der Waals surface area contributed by atoms with Crippen LogP contribution < -0.4 is 4.72 Å². The van der Waals surface area contributed by atoms with Gasteiger partial charge >= 0.3 is 0 Å². The quantitative estimate of drug-likeness (QED) is 0.395. The molecule has 0 saturated carbocycles. The molecule has 0 aromatic carbocycles. The zero-order valence-electron chi connectivity index (χ0n) is 6.72. The van der Waals surface area contributed by atoms with Crippen molar-refractivity contribution >= 4 is 21.6 Å². The third-order valence-electron chi connectivity index (χ3n) is 1.19. The van der Waals surface area contributed by atoms with Crippen LogP contribution in [0.1, 0.15) is 12.8 Å². The van der Waals surface area contributed by atoms with Crippen LogP contribution in [0.15, 0.2) is 0 Å². The topological polar surface area (TPSA) is 46.2 Å². The number of alkyl halides is 1. The lowest BCUT2D eigenvalue weighted by Gasteiger charge is -2.01. The van der Waals surface area contributed by atoms with Crippen molar-refractivity contribution in [1.82, 2.24) is 4.72 Å². The molecule has 0 aliphatic carbocycles. The molecule has 12 heavy (non-hydrogen) atoms. The van der Waals surface area contributed by atoms with E-state index in [-0.39, 0.29) is 12.3 Å². The maximum Gasteiger partial charge on any atom is 0.212 e. The van der Waals surface area contributed by atoms with Crippen LogP contribution in [0.3, 0.4) is 0 Å². The van der Waals surface area contributed by atoms with Crippen LogP contribution in [0.2, 0.25) is 0 Å². The Hall–Kier alpha value is -0.240. The second kappa shape index (κ2) is 6.30. The second-order valence-electron chi connectivity index (χ2n) is 2.24. The summed E-state index contributed by atoms with van der Waals surface area (Å²) >= 11 is 5.39.